The van der Waals surface area contributed by atoms with Crippen LogP contribution in [0.25, 0.3) is 0 Å². The lowest BCUT2D eigenvalue weighted by Gasteiger charge is -2.22. The average Bonchev–Trinajstić information content (AvgIpc) is 2.34. The van der Waals surface area contributed by atoms with Gasteiger partial charge in [-0.3, -0.25) is 4.90 Å². The first-order chi connectivity index (χ1) is 8.35. The second-order valence-corrected chi connectivity index (χ2v) is 3.99. The Labute approximate surface area is 107 Å². The zero-order valence-electron chi connectivity index (χ0n) is 11.8. The molecule has 0 bridgehead atoms. The zero-order chi connectivity index (χ0) is 12.8. The summed E-state index contributed by atoms with van der Waals surface area (Å²) in [4.78, 5) is 2.40. The minimum atomic E-state index is 0.799. The molecule has 17 heavy (non-hydrogen) atoms. The predicted octanol–water partition coefficient (Wildman–Crippen LogP) is 1.36. The fourth-order valence-electron chi connectivity index (χ4n) is 1.55. The second kappa shape index (κ2) is 13.9. The molecule has 0 saturated heterocycles. The summed E-state index contributed by atoms with van der Waals surface area (Å²) in [6.07, 6.45) is 1.19. The third kappa shape index (κ3) is 12.1. The second-order valence-electron chi connectivity index (χ2n) is 3.99. The van der Waals surface area contributed by atoms with Crippen LogP contribution in [0.3, 0.4) is 0 Å². The van der Waals surface area contributed by atoms with Gasteiger partial charge in [-0.1, -0.05) is 6.92 Å². The van der Waals surface area contributed by atoms with Crippen LogP contribution in [0.15, 0.2) is 0 Å². The highest BCUT2D eigenvalue weighted by atomic mass is 16.5. The van der Waals surface area contributed by atoms with Crippen LogP contribution in [0.2, 0.25) is 0 Å². The predicted molar refractivity (Wildman–Crippen MR) is 72.6 cm³/mol. The summed E-state index contributed by atoms with van der Waals surface area (Å²) < 4.78 is 10.8. The number of hydrogen-bond donors (Lipinski definition) is 1. The summed E-state index contributed by atoms with van der Waals surface area (Å²) in [7, 11) is 0. The van der Waals surface area contributed by atoms with E-state index in [-0.39, 0.29) is 0 Å². The van der Waals surface area contributed by atoms with Gasteiger partial charge in [0.1, 0.15) is 0 Å². The molecule has 0 spiro atoms. The standard InChI is InChI=1S/C13H30N2O2/c1-4-7-14-8-9-15(10-12-16-5-2)11-13-17-6-3/h14H,4-13H2,1-3H3. The molecule has 4 nitrogen and oxygen atoms in total. The van der Waals surface area contributed by atoms with E-state index in [1.54, 1.807) is 0 Å². The number of ether oxygens (including phenoxy) is 2. The number of nitrogens with one attached hydrogen (secondary N) is 1. The third-order valence-corrected chi connectivity index (χ3v) is 2.54. The van der Waals surface area contributed by atoms with Gasteiger partial charge in [0, 0.05) is 39.4 Å². The first-order valence-corrected chi connectivity index (χ1v) is 6.93. The van der Waals surface area contributed by atoms with E-state index < -0.39 is 0 Å². The molecule has 0 aliphatic carbocycles. The van der Waals surface area contributed by atoms with Gasteiger partial charge in [0.2, 0.25) is 0 Å². The first-order valence-electron chi connectivity index (χ1n) is 6.93. The largest absolute Gasteiger partial charge is 0.380 e. The quantitative estimate of drug-likeness (QED) is 0.498. The van der Waals surface area contributed by atoms with Crippen LogP contribution in [0.5, 0.6) is 0 Å². The Balaban J connectivity index is 3.60. The van der Waals surface area contributed by atoms with Crippen molar-refractivity contribution in [1.29, 1.82) is 0 Å². The molecule has 0 aliphatic heterocycles. The van der Waals surface area contributed by atoms with E-state index >= 15 is 0 Å². The molecular formula is C13H30N2O2. The molecule has 0 aromatic carbocycles. The summed E-state index contributed by atoms with van der Waals surface area (Å²) in [5.41, 5.74) is 0. The van der Waals surface area contributed by atoms with Gasteiger partial charge in [-0.05, 0) is 26.8 Å². The highest BCUT2D eigenvalue weighted by Crippen LogP contribution is 1.89. The maximum absolute atomic E-state index is 5.39. The minimum Gasteiger partial charge on any atom is -0.380 e. The number of nitrogens with zero attached hydrogens (tertiary/aromatic N) is 1. The number of rotatable bonds is 13. The van der Waals surface area contributed by atoms with E-state index in [2.05, 4.69) is 17.1 Å². The van der Waals surface area contributed by atoms with Crippen molar-refractivity contribution in [2.24, 2.45) is 0 Å². The molecule has 0 radical (unpaired) electrons. The minimum absolute atomic E-state index is 0.799. The van der Waals surface area contributed by atoms with Crippen LogP contribution in [-0.2, 0) is 9.47 Å². The summed E-state index contributed by atoms with van der Waals surface area (Å²) in [6, 6.07) is 0. The van der Waals surface area contributed by atoms with Crippen LogP contribution < -0.4 is 5.32 Å². The highest BCUT2D eigenvalue weighted by Gasteiger charge is 2.03. The summed E-state index contributed by atoms with van der Waals surface area (Å²) >= 11 is 0. The molecule has 0 heterocycles. The Morgan fingerprint density at radius 2 is 1.41 bits per heavy atom. The van der Waals surface area contributed by atoms with Crippen molar-refractivity contribution in [1.82, 2.24) is 10.2 Å². The van der Waals surface area contributed by atoms with E-state index in [4.69, 9.17) is 9.47 Å². The molecule has 0 aromatic heterocycles. The molecule has 0 unspecified atom stereocenters. The normalized spacial score (nSPS) is 11.3. The van der Waals surface area contributed by atoms with Crippen molar-refractivity contribution < 1.29 is 9.47 Å². The van der Waals surface area contributed by atoms with Gasteiger partial charge in [-0.2, -0.15) is 0 Å². The molecular weight excluding hydrogens is 216 g/mol. The smallest absolute Gasteiger partial charge is 0.0593 e. The van der Waals surface area contributed by atoms with Crippen LogP contribution in [0.1, 0.15) is 27.2 Å². The Kier molecular flexibility index (Phi) is 13.8. The molecule has 0 atom stereocenters. The molecule has 4 heteroatoms. The Morgan fingerprint density at radius 1 is 0.824 bits per heavy atom. The van der Waals surface area contributed by atoms with E-state index in [9.17, 15) is 0 Å². The van der Waals surface area contributed by atoms with Crippen molar-refractivity contribution in [3.8, 4) is 0 Å². The summed E-state index contributed by atoms with van der Waals surface area (Å²) in [5, 5.41) is 3.42. The lowest BCUT2D eigenvalue weighted by molar-refractivity contribution is 0.0832. The van der Waals surface area contributed by atoms with E-state index in [0.29, 0.717) is 0 Å². The Hall–Kier alpha value is -0.160. The van der Waals surface area contributed by atoms with Crippen molar-refractivity contribution in [2.45, 2.75) is 27.2 Å². The van der Waals surface area contributed by atoms with Crippen molar-refractivity contribution in [3.63, 3.8) is 0 Å². The first kappa shape index (κ1) is 16.8. The molecule has 0 fully saturated rings. The summed E-state index contributed by atoms with van der Waals surface area (Å²) in [6.45, 7) is 14.7. The van der Waals surface area contributed by atoms with E-state index in [1.165, 1.54) is 6.42 Å². The molecule has 0 aliphatic rings. The summed E-state index contributed by atoms with van der Waals surface area (Å²) in [5.74, 6) is 0. The molecule has 1 N–H and O–H groups in total. The van der Waals surface area contributed by atoms with Crippen LogP contribution in [-0.4, -0.2) is 64.1 Å². The van der Waals surface area contributed by atoms with Gasteiger partial charge in [0.25, 0.3) is 0 Å². The molecule has 0 saturated carbocycles. The zero-order valence-corrected chi connectivity index (χ0v) is 11.8. The van der Waals surface area contributed by atoms with Gasteiger partial charge in [0.15, 0.2) is 0 Å². The van der Waals surface area contributed by atoms with Gasteiger partial charge in [0.05, 0.1) is 13.2 Å². The van der Waals surface area contributed by atoms with Gasteiger partial charge >= 0.3 is 0 Å². The lowest BCUT2D eigenvalue weighted by Crippen LogP contribution is -2.37. The Bertz CT molecular complexity index is 135. The number of hydrogen-bond acceptors (Lipinski definition) is 4. The van der Waals surface area contributed by atoms with Gasteiger partial charge in [-0.15, -0.1) is 0 Å². The van der Waals surface area contributed by atoms with Crippen molar-refractivity contribution in [2.75, 3.05) is 59.2 Å². The van der Waals surface area contributed by atoms with Gasteiger partial charge < -0.3 is 14.8 Å². The molecule has 104 valence electrons. The fraction of sp³-hybridized carbons (Fsp3) is 1.00. The molecule has 0 amide bonds. The fourth-order valence-corrected chi connectivity index (χ4v) is 1.55. The van der Waals surface area contributed by atoms with E-state index in [0.717, 1.165) is 59.2 Å². The molecule has 0 rings (SSSR count). The lowest BCUT2D eigenvalue weighted by atomic mass is 10.4. The Morgan fingerprint density at radius 3 is 1.88 bits per heavy atom. The SMILES string of the molecule is CCCNCCN(CCOCC)CCOCC. The van der Waals surface area contributed by atoms with Crippen LogP contribution in [0.4, 0.5) is 0 Å². The maximum atomic E-state index is 5.39. The van der Waals surface area contributed by atoms with Crippen LogP contribution >= 0.6 is 0 Å². The van der Waals surface area contributed by atoms with Crippen LogP contribution in [0, 0.1) is 0 Å². The molecule has 0 aromatic rings. The topological polar surface area (TPSA) is 33.7 Å². The monoisotopic (exact) mass is 246 g/mol. The van der Waals surface area contributed by atoms with E-state index in [1.807, 2.05) is 13.8 Å². The van der Waals surface area contributed by atoms with Gasteiger partial charge in [-0.25, -0.2) is 0 Å². The average molecular weight is 246 g/mol. The maximum Gasteiger partial charge on any atom is 0.0593 e. The third-order valence-electron chi connectivity index (χ3n) is 2.54. The highest BCUT2D eigenvalue weighted by molar-refractivity contribution is 4.59. The van der Waals surface area contributed by atoms with Crippen molar-refractivity contribution in [3.05, 3.63) is 0 Å². The van der Waals surface area contributed by atoms with Crippen molar-refractivity contribution >= 4 is 0 Å².